The van der Waals surface area contributed by atoms with E-state index in [1.807, 2.05) is 82.4 Å². The van der Waals surface area contributed by atoms with Gasteiger partial charge >= 0.3 is 5.82 Å². The van der Waals surface area contributed by atoms with Gasteiger partial charge in [-0.15, -0.1) is 0 Å². The molecule has 0 aliphatic carbocycles. The lowest BCUT2D eigenvalue weighted by Gasteiger charge is -2.01. The predicted octanol–water partition coefficient (Wildman–Crippen LogP) is 3.52. The number of rotatable bonds is 3. The second kappa shape index (κ2) is 6.08. The lowest BCUT2D eigenvalue weighted by atomic mass is 10.2. The monoisotopic (exact) mass is 313 g/mol. The van der Waals surface area contributed by atoms with Crippen LogP contribution in [0, 0.1) is 6.92 Å². The highest BCUT2D eigenvalue weighted by atomic mass is 15.7. The Morgan fingerprint density at radius 3 is 2.08 bits per heavy atom. The second-order valence-corrected chi connectivity index (χ2v) is 5.59. The third kappa shape index (κ3) is 2.58. The van der Waals surface area contributed by atoms with Crippen LogP contribution in [0.5, 0.6) is 0 Å². The second-order valence-electron chi connectivity index (χ2n) is 5.59. The topological polar surface area (TPSA) is 34.6 Å². The van der Waals surface area contributed by atoms with Crippen molar-refractivity contribution >= 4 is 0 Å². The molecule has 4 heteroatoms. The third-order valence-corrected chi connectivity index (χ3v) is 3.91. The summed E-state index contributed by atoms with van der Waals surface area (Å²) < 4.78 is 0. The number of benzene rings is 3. The average molecular weight is 313 g/mol. The molecule has 0 spiro atoms. The van der Waals surface area contributed by atoms with Crippen LogP contribution >= 0.6 is 0 Å². The van der Waals surface area contributed by atoms with Gasteiger partial charge in [-0.3, -0.25) is 0 Å². The molecule has 0 radical (unpaired) electrons. The van der Waals surface area contributed by atoms with Crippen molar-refractivity contribution in [2.45, 2.75) is 6.92 Å². The number of aromatic nitrogens is 4. The zero-order chi connectivity index (χ0) is 16.4. The number of hydrogen-bond donors (Lipinski definition) is 0. The van der Waals surface area contributed by atoms with Crippen molar-refractivity contribution in [1.82, 2.24) is 15.0 Å². The number of para-hydroxylation sites is 2. The molecule has 3 aromatic carbocycles. The van der Waals surface area contributed by atoms with Gasteiger partial charge in [0.2, 0.25) is 0 Å². The highest BCUT2D eigenvalue weighted by Gasteiger charge is 2.23. The molecule has 0 unspecified atom stereocenters. The molecule has 0 saturated heterocycles. The van der Waals surface area contributed by atoms with Gasteiger partial charge in [0.25, 0.3) is 0 Å². The first-order chi connectivity index (χ1) is 11.8. The van der Waals surface area contributed by atoms with Crippen molar-refractivity contribution < 1.29 is 4.80 Å². The molecule has 0 atom stereocenters. The van der Waals surface area contributed by atoms with Gasteiger partial charge in [0, 0.05) is 10.4 Å². The van der Waals surface area contributed by atoms with Crippen molar-refractivity contribution in [3.05, 3.63) is 90.5 Å². The van der Waals surface area contributed by atoms with Crippen molar-refractivity contribution in [2.24, 2.45) is 0 Å². The van der Waals surface area contributed by atoms with Gasteiger partial charge in [-0.25, -0.2) is 0 Å². The minimum Gasteiger partial charge on any atom is -0.0622 e. The summed E-state index contributed by atoms with van der Waals surface area (Å²) in [6.07, 6.45) is 0. The van der Waals surface area contributed by atoms with E-state index in [1.54, 1.807) is 0 Å². The van der Waals surface area contributed by atoms with Crippen LogP contribution in [0.1, 0.15) is 5.56 Å². The minimum absolute atomic E-state index is 0.697. The molecular formula is C20H17N4+. The quantitative estimate of drug-likeness (QED) is 0.542. The summed E-state index contributed by atoms with van der Waals surface area (Å²) in [7, 11) is 0. The Labute approximate surface area is 140 Å². The fraction of sp³-hybridized carbons (Fsp3) is 0.0500. The number of nitrogens with zero attached hydrogens (tertiary/aromatic N) is 4. The summed E-state index contributed by atoms with van der Waals surface area (Å²) in [5.41, 5.74) is 4.12. The molecule has 24 heavy (non-hydrogen) atoms. The summed E-state index contributed by atoms with van der Waals surface area (Å²) in [6.45, 7) is 2.08. The van der Waals surface area contributed by atoms with Gasteiger partial charge in [-0.05, 0) is 47.2 Å². The Bertz CT molecular complexity index is 959. The summed E-state index contributed by atoms with van der Waals surface area (Å²) in [5, 5.41) is 9.49. The molecule has 4 nitrogen and oxygen atoms in total. The van der Waals surface area contributed by atoms with Crippen LogP contribution < -0.4 is 4.80 Å². The molecule has 0 N–H and O–H groups in total. The maximum absolute atomic E-state index is 4.76. The Morgan fingerprint density at radius 1 is 0.750 bits per heavy atom. The third-order valence-electron chi connectivity index (χ3n) is 3.91. The van der Waals surface area contributed by atoms with E-state index in [4.69, 9.17) is 10.2 Å². The molecule has 0 saturated carbocycles. The van der Waals surface area contributed by atoms with E-state index in [-0.39, 0.29) is 0 Å². The summed E-state index contributed by atoms with van der Waals surface area (Å²) >= 11 is 0. The Morgan fingerprint density at radius 2 is 1.38 bits per heavy atom. The molecule has 116 valence electrons. The summed E-state index contributed by atoms with van der Waals surface area (Å²) in [4.78, 5) is 3.69. The molecule has 4 aromatic rings. The lowest BCUT2D eigenvalue weighted by molar-refractivity contribution is -0.734. The van der Waals surface area contributed by atoms with Gasteiger partial charge in [0.1, 0.15) is 5.69 Å². The molecule has 1 aromatic heterocycles. The fourth-order valence-corrected chi connectivity index (χ4v) is 2.66. The average Bonchev–Trinajstić information content (AvgIpc) is 3.09. The van der Waals surface area contributed by atoms with Gasteiger partial charge in [0.15, 0.2) is 5.69 Å². The van der Waals surface area contributed by atoms with Crippen molar-refractivity contribution in [3.8, 4) is 22.8 Å². The molecule has 0 aliphatic heterocycles. The Balaban J connectivity index is 1.94. The predicted molar refractivity (Wildman–Crippen MR) is 93.1 cm³/mol. The van der Waals surface area contributed by atoms with E-state index < -0.39 is 0 Å². The van der Waals surface area contributed by atoms with Crippen LogP contribution in [-0.4, -0.2) is 15.0 Å². The van der Waals surface area contributed by atoms with Crippen LogP contribution in [0.15, 0.2) is 84.9 Å². The zero-order valence-corrected chi connectivity index (χ0v) is 13.4. The van der Waals surface area contributed by atoms with Crippen molar-refractivity contribution in [3.63, 3.8) is 0 Å². The number of hydrogen-bond acceptors (Lipinski definition) is 2. The van der Waals surface area contributed by atoms with Gasteiger partial charge in [-0.2, -0.15) is 0 Å². The van der Waals surface area contributed by atoms with E-state index in [2.05, 4.69) is 19.1 Å². The minimum atomic E-state index is 0.697. The smallest absolute Gasteiger partial charge is 0.0622 e. The highest BCUT2D eigenvalue weighted by Crippen LogP contribution is 2.15. The SMILES string of the molecule is Cc1ccccc1-[n+]1nc(-c2ccccc2)nn1-c1ccccc1. The van der Waals surface area contributed by atoms with E-state index in [0.29, 0.717) is 5.82 Å². The van der Waals surface area contributed by atoms with Crippen LogP contribution in [0.4, 0.5) is 0 Å². The van der Waals surface area contributed by atoms with E-state index in [0.717, 1.165) is 22.5 Å². The normalized spacial score (nSPS) is 10.7. The molecule has 1 heterocycles. The molecule has 4 rings (SSSR count). The van der Waals surface area contributed by atoms with Crippen LogP contribution in [-0.2, 0) is 0 Å². The maximum Gasteiger partial charge on any atom is 0.340 e. The zero-order valence-electron chi connectivity index (χ0n) is 13.4. The Hall–Kier alpha value is -3.27. The maximum atomic E-state index is 4.76. The van der Waals surface area contributed by atoms with Crippen LogP contribution in [0.2, 0.25) is 0 Å². The Kier molecular flexibility index (Phi) is 3.63. The standard InChI is InChI=1S/C20H17N4/c1-16-10-8-9-15-19(16)24-22-20(17-11-4-2-5-12-17)21-23(24)18-13-6-3-7-14-18/h2-15H,1H3/q+1. The van der Waals surface area contributed by atoms with Gasteiger partial charge < -0.3 is 0 Å². The summed E-state index contributed by atoms with van der Waals surface area (Å²) in [5.74, 6) is 0.697. The largest absolute Gasteiger partial charge is 0.340 e. The molecule has 0 aliphatic rings. The van der Waals surface area contributed by atoms with E-state index in [1.165, 1.54) is 0 Å². The fourth-order valence-electron chi connectivity index (χ4n) is 2.66. The molecule has 0 fully saturated rings. The first-order valence-corrected chi connectivity index (χ1v) is 7.89. The molecule has 0 bridgehead atoms. The van der Waals surface area contributed by atoms with Crippen molar-refractivity contribution in [1.29, 1.82) is 0 Å². The molecular weight excluding hydrogens is 296 g/mol. The summed E-state index contributed by atoms with van der Waals surface area (Å²) in [6, 6.07) is 28.3. The van der Waals surface area contributed by atoms with Gasteiger partial charge in [-0.1, -0.05) is 54.6 Å². The molecule has 0 amide bonds. The van der Waals surface area contributed by atoms with Crippen LogP contribution in [0.3, 0.4) is 0 Å². The van der Waals surface area contributed by atoms with Gasteiger partial charge in [0.05, 0.1) is 10.7 Å². The van der Waals surface area contributed by atoms with Crippen LogP contribution in [0.25, 0.3) is 22.8 Å². The first-order valence-electron chi connectivity index (χ1n) is 7.89. The number of aryl methyl sites for hydroxylation is 1. The number of tetrazole rings is 1. The van der Waals surface area contributed by atoms with E-state index >= 15 is 0 Å². The van der Waals surface area contributed by atoms with Crippen molar-refractivity contribution in [2.75, 3.05) is 0 Å². The lowest BCUT2D eigenvalue weighted by Crippen LogP contribution is -2.43. The highest BCUT2D eigenvalue weighted by molar-refractivity contribution is 5.53. The van der Waals surface area contributed by atoms with E-state index in [9.17, 15) is 0 Å². The first kappa shape index (κ1) is 14.3.